The zero-order valence-corrected chi connectivity index (χ0v) is 11.7. The topological polar surface area (TPSA) is 55.1 Å². The molecule has 0 radical (unpaired) electrons. The zero-order chi connectivity index (χ0) is 14.0. The molecule has 98 valence electrons. The van der Waals surface area contributed by atoms with E-state index in [1.54, 1.807) is 24.3 Å². The minimum Gasteiger partial charge on any atom is -0.397 e. The van der Waals surface area contributed by atoms with Crippen LogP contribution in [0, 0.1) is 6.92 Å². The van der Waals surface area contributed by atoms with Gasteiger partial charge in [0.1, 0.15) is 0 Å². The lowest BCUT2D eigenvalue weighted by atomic mass is 10.1. The van der Waals surface area contributed by atoms with Gasteiger partial charge in [-0.1, -0.05) is 41.4 Å². The van der Waals surface area contributed by atoms with Crippen LogP contribution in [0.5, 0.6) is 0 Å². The van der Waals surface area contributed by atoms with E-state index in [0.29, 0.717) is 21.3 Å². The van der Waals surface area contributed by atoms with Crippen molar-refractivity contribution < 1.29 is 4.79 Å². The van der Waals surface area contributed by atoms with Crippen LogP contribution in [-0.4, -0.2) is 5.91 Å². The Morgan fingerprint density at radius 2 is 1.74 bits per heavy atom. The first-order valence-electron chi connectivity index (χ1n) is 5.61. The van der Waals surface area contributed by atoms with E-state index >= 15 is 0 Å². The molecule has 0 atom stereocenters. The van der Waals surface area contributed by atoms with Crippen LogP contribution in [0.3, 0.4) is 0 Å². The molecule has 2 aromatic carbocycles. The van der Waals surface area contributed by atoms with Gasteiger partial charge in [0.2, 0.25) is 0 Å². The molecule has 0 heterocycles. The molecule has 0 spiro atoms. The SMILES string of the molecule is Cc1cccc(Cl)c1NC(=O)c1cccc(Cl)c1N. The number of hydrogen-bond donors (Lipinski definition) is 2. The molecule has 2 rings (SSSR count). The molecule has 3 nitrogen and oxygen atoms in total. The van der Waals surface area contributed by atoms with Crippen LogP contribution >= 0.6 is 23.2 Å². The van der Waals surface area contributed by atoms with Crippen LogP contribution in [0.2, 0.25) is 10.0 Å². The van der Waals surface area contributed by atoms with Crippen LogP contribution < -0.4 is 11.1 Å². The monoisotopic (exact) mass is 294 g/mol. The van der Waals surface area contributed by atoms with E-state index in [-0.39, 0.29) is 11.6 Å². The Morgan fingerprint density at radius 1 is 1.11 bits per heavy atom. The number of nitrogens with two attached hydrogens (primary N) is 1. The van der Waals surface area contributed by atoms with Crippen molar-refractivity contribution in [2.75, 3.05) is 11.1 Å². The number of nitrogen functional groups attached to an aromatic ring is 1. The number of aryl methyl sites for hydroxylation is 1. The fraction of sp³-hybridized carbons (Fsp3) is 0.0714. The normalized spacial score (nSPS) is 10.3. The number of carbonyl (C=O) groups is 1. The Balaban J connectivity index is 2.34. The summed E-state index contributed by atoms with van der Waals surface area (Å²) in [6, 6.07) is 10.3. The van der Waals surface area contributed by atoms with Gasteiger partial charge in [0.15, 0.2) is 0 Å². The summed E-state index contributed by atoms with van der Waals surface area (Å²) in [5, 5.41) is 3.58. The van der Waals surface area contributed by atoms with E-state index in [1.807, 2.05) is 19.1 Å². The lowest BCUT2D eigenvalue weighted by molar-refractivity contribution is 0.102. The molecule has 5 heteroatoms. The molecule has 0 unspecified atom stereocenters. The first-order valence-corrected chi connectivity index (χ1v) is 6.36. The molecule has 2 aromatic rings. The fourth-order valence-corrected chi connectivity index (χ4v) is 2.15. The molecule has 0 aromatic heterocycles. The van der Waals surface area contributed by atoms with Gasteiger partial charge in [0.25, 0.3) is 5.91 Å². The summed E-state index contributed by atoms with van der Waals surface area (Å²) in [6.45, 7) is 1.86. The maximum absolute atomic E-state index is 12.2. The Kier molecular flexibility index (Phi) is 3.98. The van der Waals surface area contributed by atoms with Crippen LogP contribution in [0.25, 0.3) is 0 Å². The highest BCUT2D eigenvalue weighted by Crippen LogP contribution is 2.28. The Labute approximate surface area is 121 Å². The van der Waals surface area contributed by atoms with Crippen LogP contribution in [0.15, 0.2) is 36.4 Å². The highest BCUT2D eigenvalue weighted by molar-refractivity contribution is 6.35. The van der Waals surface area contributed by atoms with E-state index in [2.05, 4.69) is 5.32 Å². The Bertz CT molecular complexity index is 621. The number of benzene rings is 2. The molecule has 0 aliphatic carbocycles. The van der Waals surface area contributed by atoms with Crippen molar-refractivity contribution in [3.8, 4) is 0 Å². The minimum atomic E-state index is -0.337. The summed E-state index contributed by atoms with van der Waals surface area (Å²) in [4.78, 5) is 12.2. The molecule has 0 saturated heterocycles. The second-order valence-electron chi connectivity index (χ2n) is 4.09. The van der Waals surface area contributed by atoms with Crippen LogP contribution in [-0.2, 0) is 0 Å². The molecular weight excluding hydrogens is 283 g/mol. The Morgan fingerprint density at radius 3 is 2.42 bits per heavy atom. The maximum Gasteiger partial charge on any atom is 0.257 e. The number of hydrogen-bond acceptors (Lipinski definition) is 2. The van der Waals surface area contributed by atoms with E-state index in [0.717, 1.165) is 5.56 Å². The average Bonchev–Trinajstić information content (AvgIpc) is 2.37. The van der Waals surface area contributed by atoms with Crippen LogP contribution in [0.1, 0.15) is 15.9 Å². The number of nitrogens with one attached hydrogen (secondary N) is 1. The molecule has 0 fully saturated rings. The molecule has 0 bridgehead atoms. The highest BCUT2D eigenvalue weighted by atomic mass is 35.5. The van der Waals surface area contributed by atoms with Gasteiger partial charge in [-0.25, -0.2) is 0 Å². The van der Waals surface area contributed by atoms with E-state index in [9.17, 15) is 4.79 Å². The number of anilines is 2. The molecule has 0 aliphatic heterocycles. The van der Waals surface area contributed by atoms with Crippen molar-refractivity contribution in [1.29, 1.82) is 0 Å². The van der Waals surface area contributed by atoms with Crippen molar-refractivity contribution in [1.82, 2.24) is 0 Å². The summed E-state index contributed by atoms with van der Waals surface area (Å²) < 4.78 is 0. The van der Waals surface area contributed by atoms with Gasteiger partial charge in [-0.3, -0.25) is 4.79 Å². The van der Waals surface area contributed by atoms with Gasteiger partial charge < -0.3 is 11.1 Å². The molecule has 1 amide bonds. The van der Waals surface area contributed by atoms with Gasteiger partial charge in [0, 0.05) is 0 Å². The van der Waals surface area contributed by atoms with Gasteiger partial charge in [-0.15, -0.1) is 0 Å². The zero-order valence-electron chi connectivity index (χ0n) is 10.2. The molecule has 3 N–H and O–H groups in total. The summed E-state index contributed by atoms with van der Waals surface area (Å²) in [5.41, 5.74) is 7.82. The van der Waals surface area contributed by atoms with Crippen LogP contribution in [0.4, 0.5) is 11.4 Å². The summed E-state index contributed by atoms with van der Waals surface area (Å²) in [7, 11) is 0. The third-order valence-electron chi connectivity index (χ3n) is 2.76. The average molecular weight is 295 g/mol. The molecular formula is C14H12Cl2N2O. The minimum absolute atomic E-state index is 0.256. The molecule has 0 saturated carbocycles. The second-order valence-corrected chi connectivity index (χ2v) is 4.90. The number of carbonyl (C=O) groups excluding carboxylic acids is 1. The van der Waals surface area contributed by atoms with Gasteiger partial charge in [-0.2, -0.15) is 0 Å². The van der Waals surface area contributed by atoms with Crippen molar-refractivity contribution in [3.05, 3.63) is 57.6 Å². The van der Waals surface area contributed by atoms with Gasteiger partial charge >= 0.3 is 0 Å². The fourth-order valence-electron chi connectivity index (χ4n) is 1.71. The quantitative estimate of drug-likeness (QED) is 0.818. The van der Waals surface area contributed by atoms with Crippen molar-refractivity contribution in [3.63, 3.8) is 0 Å². The number of halogens is 2. The van der Waals surface area contributed by atoms with Crippen molar-refractivity contribution in [2.24, 2.45) is 0 Å². The lowest BCUT2D eigenvalue weighted by Crippen LogP contribution is -2.15. The number of para-hydroxylation sites is 2. The first kappa shape index (κ1) is 13.7. The first-order chi connectivity index (χ1) is 9.00. The lowest BCUT2D eigenvalue weighted by Gasteiger charge is -2.12. The number of rotatable bonds is 2. The summed E-state index contributed by atoms with van der Waals surface area (Å²) in [6.07, 6.45) is 0. The second kappa shape index (κ2) is 5.51. The predicted octanol–water partition coefficient (Wildman–Crippen LogP) is 4.14. The van der Waals surface area contributed by atoms with Crippen molar-refractivity contribution >= 4 is 40.5 Å². The highest BCUT2D eigenvalue weighted by Gasteiger charge is 2.14. The van der Waals surface area contributed by atoms with E-state index in [1.165, 1.54) is 0 Å². The van der Waals surface area contributed by atoms with E-state index < -0.39 is 0 Å². The van der Waals surface area contributed by atoms with Gasteiger partial charge in [0.05, 0.1) is 27.0 Å². The molecule has 19 heavy (non-hydrogen) atoms. The van der Waals surface area contributed by atoms with E-state index in [4.69, 9.17) is 28.9 Å². The summed E-state index contributed by atoms with van der Waals surface area (Å²) in [5.74, 6) is -0.337. The number of amides is 1. The van der Waals surface area contributed by atoms with Crippen molar-refractivity contribution in [2.45, 2.75) is 6.92 Å². The largest absolute Gasteiger partial charge is 0.397 e. The smallest absolute Gasteiger partial charge is 0.257 e. The van der Waals surface area contributed by atoms with Gasteiger partial charge in [-0.05, 0) is 30.7 Å². The maximum atomic E-state index is 12.2. The third-order valence-corrected chi connectivity index (χ3v) is 3.40. The predicted molar refractivity (Wildman–Crippen MR) is 80.0 cm³/mol. The molecule has 0 aliphatic rings. The third kappa shape index (κ3) is 2.83. The standard InChI is InChI=1S/C14H12Cl2N2O/c1-8-4-2-7-11(16)13(8)18-14(19)9-5-3-6-10(15)12(9)17/h2-7H,17H2,1H3,(H,18,19). The Hall–Kier alpha value is -1.71. The summed E-state index contributed by atoms with van der Waals surface area (Å²) >= 11 is 12.0.